The van der Waals surface area contributed by atoms with E-state index in [1.807, 2.05) is 17.8 Å². The molecule has 1 saturated heterocycles. The van der Waals surface area contributed by atoms with Crippen LogP contribution in [0.4, 0.5) is 5.69 Å². The monoisotopic (exact) mass is 251 g/mol. The Morgan fingerprint density at radius 2 is 2.29 bits per heavy atom. The minimum Gasteiger partial charge on any atom is -0.385 e. The second-order valence-electron chi connectivity index (χ2n) is 4.23. The van der Waals surface area contributed by atoms with E-state index in [0.717, 1.165) is 18.2 Å². The quantitative estimate of drug-likeness (QED) is 0.855. The number of hydrogen-bond donors (Lipinski definition) is 2. The first-order valence-corrected chi connectivity index (χ1v) is 6.98. The van der Waals surface area contributed by atoms with Crippen LogP contribution in [0.3, 0.4) is 0 Å². The number of pyridine rings is 1. The van der Waals surface area contributed by atoms with Crippen molar-refractivity contribution < 1.29 is 4.79 Å². The number of carbonyl (C=O) groups excluding carboxylic acids is 1. The summed E-state index contributed by atoms with van der Waals surface area (Å²) >= 11 is 2.03. The highest BCUT2D eigenvalue weighted by Crippen LogP contribution is 2.23. The highest BCUT2D eigenvalue weighted by atomic mass is 32.2. The van der Waals surface area contributed by atoms with E-state index >= 15 is 0 Å². The third kappa shape index (κ3) is 3.63. The fraction of sp³-hybridized carbons (Fsp3) is 0.500. The predicted molar refractivity (Wildman–Crippen MR) is 71.3 cm³/mol. The number of thioether (sulfide) groups is 1. The van der Waals surface area contributed by atoms with Crippen molar-refractivity contribution >= 4 is 23.4 Å². The van der Waals surface area contributed by atoms with Crippen molar-refractivity contribution in [2.45, 2.75) is 12.8 Å². The number of nitrogens with one attached hydrogen (secondary N) is 1. The molecule has 0 spiro atoms. The zero-order chi connectivity index (χ0) is 12.1. The van der Waals surface area contributed by atoms with E-state index in [1.54, 1.807) is 12.3 Å². The number of hydrogen-bond acceptors (Lipinski definition) is 4. The molecule has 0 bridgehead atoms. The van der Waals surface area contributed by atoms with Gasteiger partial charge in [-0.25, -0.2) is 0 Å². The Morgan fingerprint density at radius 3 is 3.00 bits per heavy atom. The van der Waals surface area contributed by atoms with Gasteiger partial charge < -0.3 is 11.1 Å². The zero-order valence-corrected chi connectivity index (χ0v) is 10.5. The average Bonchev–Trinajstić information content (AvgIpc) is 2.38. The van der Waals surface area contributed by atoms with E-state index < -0.39 is 5.91 Å². The zero-order valence-electron chi connectivity index (χ0n) is 9.69. The van der Waals surface area contributed by atoms with Crippen molar-refractivity contribution in [3.05, 3.63) is 24.0 Å². The minimum absolute atomic E-state index is 0.314. The molecule has 92 valence electrons. The molecular weight excluding hydrogens is 234 g/mol. The van der Waals surface area contributed by atoms with Gasteiger partial charge in [0, 0.05) is 18.4 Å². The molecule has 1 aliphatic heterocycles. The van der Waals surface area contributed by atoms with E-state index in [1.165, 1.54) is 24.3 Å². The average molecular weight is 251 g/mol. The summed E-state index contributed by atoms with van der Waals surface area (Å²) in [4.78, 5) is 14.9. The molecule has 0 radical (unpaired) electrons. The highest BCUT2D eigenvalue weighted by molar-refractivity contribution is 7.99. The molecular formula is C12H17N3OS. The van der Waals surface area contributed by atoms with Crippen LogP contribution in [0, 0.1) is 5.92 Å². The van der Waals surface area contributed by atoms with E-state index in [-0.39, 0.29) is 0 Å². The molecule has 1 fully saturated rings. The Morgan fingerprint density at radius 1 is 1.53 bits per heavy atom. The van der Waals surface area contributed by atoms with Crippen LogP contribution in [0.15, 0.2) is 18.3 Å². The second-order valence-corrected chi connectivity index (χ2v) is 5.46. The SMILES string of the molecule is NC(=O)c1cc(NCC2CCSCC2)ccn1. The van der Waals surface area contributed by atoms with Gasteiger partial charge in [-0.2, -0.15) is 11.8 Å². The Balaban J connectivity index is 1.89. The second kappa shape index (κ2) is 5.91. The Kier molecular flexibility index (Phi) is 4.25. The first-order valence-electron chi connectivity index (χ1n) is 5.83. The van der Waals surface area contributed by atoms with Gasteiger partial charge >= 0.3 is 0 Å². The maximum Gasteiger partial charge on any atom is 0.267 e. The standard InChI is InChI=1S/C12H17N3OS/c13-12(16)11-7-10(1-4-14-11)15-8-9-2-5-17-6-3-9/h1,4,7,9H,2-3,5-6,8H2,(H2,13,16)(H,14,15). The summed E-state index contributed by atoms with van der Waals surface area (Å²) in [6, 6.07) is 3.57. The first-order chi connectivity index (χ1) is 8.25. The van der Waals surface area contributed by atoms with Crippen LogP contribution in [0.1, 0.15) is 23.3 Å². The lowest BCUT2D eigenvalue weighted by molar-refractivity contribution is 0.0995. The lowest BCUT2D eigenvalue weighted by Crippen LogP contribution is -2.19. The van der Waals surface area contributed by atoms with E-state index in [0.29, 0.717) is 5.69 Å². The lowest BCUT2D eigenvalue weighted by atomic mass is 10.0. The number of anilines is 1. The summed E-state index contributed by atoms with van der Waals surface area (Å²) in [5.41, 5.74) is 6.43. The van der Waals surface area contributed by atoms with Crippen LogP contribution in [0.25, 0.3) is 0 Å². The number of nitrogens with zero attached hydrogens (tertiary/aromatic N) is 1. The molecule has 4 nitrogen and oxygen atoms in total. The smallest absolute Gasteiger partial charge is 0.267 e. The molecule has 1 aromatic heterocycles. The molecule has 0 aromatic carbocycles. The van der Waals surface area contributed by atoms with Crippen LogP contribution in [0.2, 0.25) is 0 Å². The molecule has 3 N–H and O–H groups in total. The summed E-state index contributed by atoms with van der Waals surface area (Å²) in [5.74, 6) is 2.77. The van der Waals surface area contributed by atoms with Gasteiger partial charge in [-0.1, -0.05) is 0 Å². The summed E-state index contributed by atoms with van der Waals surface area (Å²) < 4.78 is 0. The number of carbonyl (C=O) groups is 1. The summed E-state index contributed by atoms with van der Waals surface area (Å²) in [5, 5.41) is 3.35. The van der Waals surface area contributed by atoms with Crippen molar-refractivity contribution in [3.8, 4) is 0 Å². The topological polar surface area (TPSA) is 68.0 Å². The fourth-order valence-electron chi connectivity index (χ4n) is 1.89. The fourth-order valence-corrected chi connectivity index (χ4v) is 3.09. The van der Waals surface area contributed by atoms with Crippen LogP contribution in [-0.2, 0) is 0 Å². The van der Waals surface area contributed by atoms with Gasteiger partial charge in [-0.05, 0) is 42.4 Å². The molecule has 17 heavy (non-hydrogen) atoms. The molecule has 0 atom stereocenters. The van der Waals surface area contributed by atoms with Crippen LogP contribution >= 0.6 is 11.8 Å². The van der Waals surface area contributed by atoms with E-state index in [4.69, 9.17) is 5.73 Å². The van der Waals surface area contributed by atoms with Gasteiger partial charge in [-0.15, -0.1) is 0 Å². The number of rotatable bonds is 4. The normalized spacial score (nSPS) is 16.7. The number of aromatic nitrogens is 1. The molecule has 5 heteroatoms. The van der Waals surface area contributed by atoms with Crippen molar-refractivity contribution in [2.24, 2.45) is 11.7 Å². The summed E-state index contributed by atoms with van der Waals surface area (Å²) in [6.07, 6.45) is 4.15. The van der Waals surface area contributed by atoms with E-state index in [9.17, 15) is 4.79 Å². The Hall–Kier alpha value is -1.23. The predicted octanol–water partition coefficient (Wildman–Crippen LogP) is 1.74. The van der Waals surface area contributed by atoms with Gasteiger partial charge in [0.25, 0.3) is 5.91 Å². The molecule has 0 saturated carbocycles. The third-order valence-corrected chi connectivity index (χ3v) is 4.00. The molecule has 2 heterocycles. The Bertz CT molecular complexity index is 391. The van der Waals surface area contributed by atoms with Gasteiger partial charge in [0.2, 0.25) is 0 Å². The molecule has 1 amide bonds. The van der Waals surface area contributed by atoms with Gasteiger partial charge in [-0.3, -0.25) is 9.78 Å². The minimum atomic E-state index is -0.484. The van der Waals surface area contributed by atoms with Crippen LogP contribution < -0.4 is 11.1 Å². The first kappa shape index (κ1) is 12.2. The largest absolute Gasteiger partial charge is 0.385 e. The summed E-state index contributed by atoms with van der Waals surface area (Å²) in [6.45, 7) is 0.961. The van der Waals surface area contributed by atoms with Gasteiger partial charge in [0.15, 0.2) is 0 Å². The van der Waals surface area contributed by atoms with Crippen molar-refractivity contribution in [1.82, 2.24) is 4.98 Å². The third-order valence-electron chi connectivity index (χ3n) is 2.95. The highest BCUT2D eigenvalue weighted by Gasteiger charge is 2.13. The van der Waals surface area contributed by atoms with Gasteiger partial charge in [0.1, 0.15) is 5.69 Å². The molecule has 1 aromatic rings. The van der Waals surface area contributed by atoms with Crippen molar-refractivity contribution in [2.75, 3.05) is 23.4 Å². The molecule has 1 aliphatic rings. The molecule has 0 aliphatic carbocycles. The molecule has 2 rings (SSSR count). The number of primary amides is 1. The summed E-state index contributed by atoms with van der Waals surface area (Å²) in [7, 11) is 0. The van der Waals surface area contributed by atoms with E-state index in [2.05, 4.69) is 10.3 Å². The van der Waals surface area contributed by atoms with Gasteiger partial charge in [0.05, 0.1) is 0 Å². The number of amides is 1. The maximum atomic E-state index is 11.0. The molecule has 0 unspecified atom stereocenters. The Labute approximate surface area is 105 Å². The lowest BCUT2D eigenvalue weighted by Gasteiger charge is -2.22. The van der Waals surface area contributed by atoms with Crippen molar-refractivity contribution in [1.29, 1.82) is 0 Å². The van der Waals surface area contributed by atoms with Crippen LogP contribution in [-0.4, -0.2) is 28.9 Å². The maximum absolute atomic E-state index is 11.0. The van der Waals surface area contributed by atoms with Crippen LogP contribution in [0.5, 0.6) is 0 Å². The van der Waals surface area contributed by atoms with Crippen molar-refractivity contribution in [3.63, 3.8) is 0 Å². The number of nitrogens with two attached hydrogens (primary N) is 1.